The quantitative estimate of drug-likeness (QED) is 0.468. The molecule has 0 aliphatic carbocycles. The van der Waals surface area contributed by atoms with E-state index in [1.807, 2.05) is 26.0 Å². The molecule has 0 spiro atoms. The van der Waals surface area contributed by atoms with Gasteiger partial charge in [0.25, 0.3) is 15.9 Å². The standard InChI is InChI=1S/C24H26N2O5S/c1-17-4-13-23(18(2)16-17)26-32(28,29)22-11-7-20(8-12-22)25-24(27)19-5-9-21(10-6-19)31-15-14-30-3/h4-13,16,26H,14-15H2,1-3H3,(H,25,27). The Hall–Kier alpha value is -3.36. The molecule has 7 nitrogen and oxygen atoms in total. The predicted octanol–water partition coefficient (Wildman–Crippen LogP) is 4.38. The summed E-state index contributed by atoms with van der Waals surface area (Å²) in [5.41, 5.74) is 3.37. The van der Waals surface area contributed by atoms with Gasteiger partial charge < -0.3 is 14.8 Å². The number of aryl methyl sites for hydroxylation is 2. The number of hydrogen-bond donors (Lipinski definition) is 2. The molecule has 1 amide bonds. The molecule has 3 aromatic rings. The molecule has 0 bridgehead atoms. The Kier molecular flexibility index (Phi) is 7.50. The highest BCUT2D eigenvalue weighted by atomic mass is 32.2. The van der Waals surface area contributed by atoms with Crippen molar-refractivity contribution in [1.82, 2.24) is 0 Å². The molecule has 32 heavy (non-hydrogen) atoms. The zero-order chi connectivity index (χ0) is 23.1. The number of benzene rings is 3. The average Bonchev–Trinajstić information content (AvgIpc) is 2.77. The topological polar surface area (TPSA) is 93.7 Å². The van der Waals surface area contributed by atoms with Crippen molar-refractivity contribution in [3.8, 4) is 5.75 Å². The SMILES string of the molecule is COCCOc1ccc(C(=O)Nc2ccc(S(=O)(=O)Nc3ccc(C)cc3C)cc2)cc1. The van der Waals surface area contributed by atoms with Crippen LogP contribution in [0.5, 0.6) is 5.75 Å². The van der Waals surface area contributed by atoms with E-state index >= 15 is 0 Å². The molecule has 0 saturated carbocycles. The smallest absolute Gasteiger partial charge is 0.261 e. The maximum atomic E-state index is 12.7. The van der Waals surface area contributed by atoms with E-state index in [0.717, 1.165) is 11.1 Å². The minimum atomic E-state index is -3.75. The Bertz CT molecular complexity index is 1170. The monoisotopic (exact) mass is 454 g/mol. The highest BCUT2D eigenvalue weighted by Gasteiger charge is 2.16. The average molecular weight is 455 g/mol. The fourth-order valence-corrected chi connectivity index (χ4v) is 4.13. The maximum Gasteiger partial charge on any atom is 0.261 e. The van der Waals surface area contributed by atoms with Crippen LogP contribution in [0.1, 0.15) is 21.5 Å². The molecule has 0 aliphatic rings. The molecule has 8 heteroatoms. The van der Waals surface area contributed by atoms with Gasteiger partial charge in [-0.05, 0) is 74.0 Å². The van der Waals surface area contributed by atoms with Gasteiger partial charge in [-0.3, -0.25) is 9.52 Å². The van der Waals surface area contributed by atoms with Gasteiger partial charge >= 0.3 is 0 Å². The number of carbonyl (C=O) groups is 1. The summed E-state index contributed by atoms with van der Waals surface area (Å²) in [6.07, 6.45) is 0. The third kappa shape index (κ3) is 6.09. The van der Waals surface area contributed by atoms with Gasteiger partial charge in [0, 0.05) is 18.4 Å². The van der Waals surface area contributed by atoms with Crippen molar-refractivity contribution in [2.24, 2.45) is 0 Å². The predicted molar refractivity (Wildman–Crippen MR) is 125 cm³/mol. The van der Waals surface area contributed by atoms with Gasteiger partial charge in [-0.15, -0.1) is 0 Å². The van der Waals surface area contributed by atoms with Gasteiger partial charge in [0.05, 0.1) is 17.2 Å². The number of nitrogens with one attached hydrogen (secondary N) is 2. The number of ether oxygens (including phenoxy) is 2. The second-order valence-corrected chi connectivity index (χ2v) is 8.95. The molecule has 0 radical (unpaired) electrons. The number of rotatable bonds is 9. The van der Waals surface area contributed by atoms with E-state index < -0.39 is 10.0 Å². The van der Waals surface area contributed by atoms with Crippen LogP contribution >= 0.6 is 0 Å². The third-order valence-electron chi connectivity index (χ3n) is 4.72. The van der Waals surface area contributed by atoms with E-state index in [1.165, 1.54) is 12.1 Å². The molecule has 3 rings (SSSR count). The first-order valence-corrected chi connectivity index (χ1v) is 11.5. The second kappa shape index (κ2) is 10.3. The zero-order valence-corrected chi connectivity index (χ0v) is 19.0. The Morgan fingerprint density at radius 3 is 2.22 bits per heavy atom. The third-order valence-corrected chi connectivity index (χ3v) is 6.10. The molecule has 0 unspecified atom stereocenters. The van der Waals surface area contributed by atoms with Crippen molar-refractivity contribution in [2.75, 3.05) is 30.4 Å². The van der Waals surface area contributed by atoms with Gasteiger partial charge in [0.15, 0.2) is 0 Å². The Morgan fingerprint density at radius 1 is 0.906 bits per heavy atom. The molecule has 0 fully saturated rings. The van der Waals surface area contributed by atoms with Crippen LogP contribution in [0.25, 0.3) is 0 Å². The number of anilines is 2. The lowest BCUT2D eigenvalue weighted by Gasteiger charge is -2.12. The summed E-state index contributed by atoms with van der Waals surface area (Å²) in [7, 11) is -2.15. The lowest BCUT2D eigenvalue weighted by Crippen LogP contribution is -2.15. The molecule has 0 aromatic heterocycles. The van der Waals surface area contributed by atoms with Gasteiger partial charge in [0.2, 0.25) is 0 Å². The Labute approximate surface area is 188 Å². The van der Waals surface area contributed by atoms with Gasteiger partial charge in [-0.25, -0.2) is 8.42 Å². The van der Waals surface area contributed by atoms with E-state index in [1.54, 1.807) is 49.6 Å². The first-order chi connectivity index (χ1) is 15.3. The van der Waals surface area contributed by atoms with Crippen LogP contribution in [0, 0.1) is 13.8 Å². The largest absolute Gasteiger partial charge is 0.491 e. The van der Waals surface area contributed by atoms with Crippen molar-refractivity contribution in [3.05, 3.63) is 83.4 Å². The van der Waals surface area contributed by atoms with E-state index in [9.17, 15) is 13.2 Å². The van der Waals surface area contributed by atoms with Crippen molar-refractivity contribution in [3.63, 3.8) is 0 Å². The molecule has 168 valence electrons. The van der Waals surface area contributed by atoms with E-state index in [-0.39, 0.29) is 10.8 Å². The Balaban J connectivity index is 1.64. The van der Waals surface area contributed by atoms with E-state index in [4.69, 9.17) is 9.47 Å². The summed E-state index contributed by atoms with van der Waals surface area (Å²) < 4.78 is 38.4. The van der Waals surface area contributed by atoms with Gasteiger partial charge in [-0.2, -0.15) is 0 Å². The van der Waals surface area contributed by atoms with Crippen LogP contribution in [0.3, 0.4) is 0 Å². The molecule has 0 atom stereocenters. The number of carbonyl (C=O) groups excluding carboxylic acids is 1. The summed E-state index contributed by atoms with van der Waals surface area (Å²) in [6.45, 7) is 4.70. The summed E-state index contributed by atoms with van der Waals surface area (Å²) >= 11 is 0. The fourth-order valence-electron chi connectivity index (χ4n) is 3.00. The van der Waals surface area contributed by atoms with Crippen molar-refractivity contribution < 1.29 is 22.7 Å². The summed E-state index contributed by atoms with van der Waals surface area (Å²) in [6, 6.07) is 18.2. The van der Waals surface area contributed by atoms with E-state index in [2.05, 4.69) is 10.0 Å². The molecular weight excluding hydrogens is 428 g/mol. The van der Waals surface area contributed by atoms with Crippen LogP contribution in [0.4, 0.5) is 11.4 Å². The number of hydrogen-bond acceptors (Lipinski definition) is 5. The molecule has 3 aromatic carbocycles. The molecule has 0 aliphatic heterocycles. The van der Waals surface area contributed by atoms with Crippen LogP contribution < -0.4 is 14.8 Å². The molecule has 0 heterocycles. The summed E-state index contributed by atoms with van der Waals surface area (Å²) in [5, 5.41) is 2.76. The number of amides is 1. The first kappa shape index (κ1) is 23.3. The van der Waals surface area contributed by atoms with Crippen molar-refractivity contribution >= 4 is 27.3 Å². The van der Waals surface area contributed by atoms with E-state index in [0.29, 0.717) is 35.9 Å². The molecular formula is C24H26N2O5S. The first-order valence-electron chi connectivity index (χ1n) is 10.0. The lowest BCUT2D eigenvalue weighted by molar-refractivity contribution is 0.102. The second-order valence-electron chi connectivity index (χ2n) is 7.27. The Morgan fingerprint density at radius 2 is 1.59 bits per heavy atom. The van der Waals surface area contributed by atoms with Crippen molar-refractivity contribution in [2.45, 2.75) is 18.7 Å². The fraction of sp³-hybridized carbons (Fsp3) is 0.208. The zero-order valence-electron chi connectivity index (χ0n) is 18.2. The van der Waals surface area contributed by atoms with Crippen LogP contribution in [-0.2, 0) is 14.8 Å². The normalized spacial score (nSPS) is 11.1. The summed E-state index contributed by atoms with van der Waals surface area (Å²) in [5.74, 6) is 0.335. The van der Waals surface area contributed by atoms with Crippen molar-refractivity contribution in [1.29, 1.82) is 0 Å². The number of sulfonamides is 1. The summed E-state index contributed by atoms with van der Waals surface area (Å²) in [4.78, 5) is 12.6. The minimum absolute atomic E-state index is 0.105. The lowest BCUT2D eigenvalue weighted by atomic mass is 10.1. The molecule has 0 saturated heterocycles. The minimum Gasteiger partial charge on any atom is -0.491 e. The van der Waals surface area contributed by atoms with Gasteiger partial charge in [0.1, 0.15) is 12.4 Å². The number of methoxy groups -OCH3 is 1. The van der Waals surface area contributed by atoms with Crippen LogP contribution in [0.2, 0.25) is 0 Å². The molecule has 2 N–H and O–H groups in total. The highest BCUT2D eigenvalue weighted by molar-refractivity contribution is 7.92. The highest BCUT2D eigenvalue weighted by Crippen LogP contribution is 2.22. The van der Waals surface area contributed by atoms with Crippen LogP contribution in [0.15, 0.2) is 71.6 Å². The maximum absolute atomic E-state index is 12.7. The van der Waals surface area contributed by atoms with Gasteiger partial charge in [-0.1, -0.05) is 17.7 Å². The van der Waals surface area contributed by atoms with Crippen LogP contribution in [-0.4, -0.2) is 34.6 Å².